The van der Waals surface area contributed by atoms with Gasteiger partial charge in [0.25, 0.3) is 0 Å². The molecule has 0 radical (unpaired) electrons. The Kier molecular flexibility index (Phi) is 5.93. The van der Waals surface area contributed by atoms with Crippen molar-refractivity contribution in [2.45, 2.75) is 51.2 Å². The summed E-state index contributed by atoms with van der Waals surface area (Å²) in [4.78, 5) is 0. The second-order valence-electron chi connectivity index (χ2n) is 5.04. The molecule has 0 atom stereocenters. The molecule has 1 aromatic heterocycles. The number of nitriles is 1. The summed E-state index contributed by atoms with van der Waals surface area (Å²) in [5, 5.41) is 11.9. The van der Waals surface area contributed by atoms with Crippen molar-refractivity contribution in [3.63, 3.8) is 0 Å². The average molecular weight is 262 g/mol. The van der Waals surface area contributed by atoms with E-state index in [9.17, 15) is 0 Å². The second-order valence-corrected chi connectivity index (χ2v) is 5.04. The molecular formula is C15H22N2O2. The maximum atomic E-state index is 8.64. The smallest absolute Gasteiger partial charge is 0.203 e. The Morgan fingerprint density at radius 1 is 1.32 bits per heavy atom. The number of nitrogens with zero attached hydrogens (tertiary/aromatic N) is 1. The van der Waals surface area contributed by atoms with Crippen LogP contribution < -0.4 is 5.32 Å². The van der Waals surface area contributed by atoms with Crippen LogP contribution in [0.4, 0.5) is 0 Å². The first-order valence-electron chi connectivity index (χ1n) is 7.19. The molecule has 0 aromatic carbocycles. The Balaban J connectivity index is 1.49. The van der Waals surface area contributed by atoms with Crippen LogP contribution >= 0.6 is 0 Å². The molecule has 1 saturated carbocycles. The van der Waals surface area contributed by atoms with Crippen molar-refractivity contribution in [2.24, 2.45) is 0 Å². The highest BCUT2D eigenvalue weighted by Gasteiger charge is 2.12. The molecule has 19 heavy (non-hydrogen) atoms. The van der Waals surface area contributed by atoms with Crippen molar-refractivity contribution >= 4 is 0 Å². The van der Waals surface area contributed by atoms with Gasteiger partial charge < -0.3 is 14.5 Å². The van der Waals surface area contributed by atoms with Crippen molar-refractivity contribution in [2.75, 3.05) is 13.2 Å². The van der Waals surface area contributed by atoms with Gasteiger partial charge in [-0.3, -0.25) is 0 Å². The molecule has 1 aliphatic rings. The molecule has 0 spiro atoms. The SMILES string of the molecule is N#Cc1ccc(CNCCCOC2CCCCC2)o1. The number of hydrogen-bond acceptors (Lipinski definition) is 4. The number of ether oxygens (including phenoxy) is 1. The van der Waals surface area contributed by atoms with E-state index in [2.05, 4.69) is 5.32 Å². The second kappa shape index (κ2) is 7.98. The lowest BCUT2D eigenvalue weighted by atomic mass is 9.98. The van der Waals surface area contributed by atoms with Gasteiger partial charge in [0.05, 0.1) is 12.6 Å². The molecule has 4 nitrogen and oxygen atoms in total. The van der Waals surface area contributed by atoms with Gasteiger partial charge in [-0.15, -0.1) is 0 Å². The summed E-state index contributed by atoms with van der Waals surface area (Å²) >= 11 is 0. The first kappa shape index (κ1) is 14.1. The molecule has 0 unspecified atom stereocenters. The highest BCUT2D eigenvalue weighted by atomic mass is 16.5. The fourth-order valence-corrected chi connectivity index (χ4v) is 2.42. The molecule has 1 N–H and O–H groups in total. The van der Waals surface area contributed by atoms with E-state index >= 15 is 0 Å². The number of rotatable bonds is 7. The van der Waals surface area contributed by atoms with Crippen LogP contribution in [0.25, 0.3) is 0 Å². The summed E-state index contributed by atoms with van der Waals surface area (Å²) in [6.07, 6.45) is 7.99. The van der Waals surface area contributed by atoms with Crippen molar-refractivity contribution in [1.29, 1.82) is 5.26 Å². The van der Waals surface area contributed by atoms with E-state index in [1.54, 1.807) is 6.07 Å². The Morgan fingerprint density at radius 2 is 2.16 bits per heavy atom. The monoisotopic (exact) mass is 262 g/mol. The molecule has 4 heteroatoms. The molecule has 1 aromatic rings. The lowest BCUT2D eigenvalue weighted by Gasteiger charge is -2.21. The van der Waals surface area contributed by atoms with E-state index in [0.717, 1.165) is 25.3 Å². The summed E-state index contributed by atoms with van der Waals surface area (Å²) in [6.45, 7) is 2.42. The summed E-state index contributed by atoms with van der Waals surface area (Å²) in [7, 11) is 0. The average Bonchev–Trinajstić information content (AvgIpc) is 2.92. The Bertz CT molecular complexity index is 403. The Labute approximate surface area is 114 Å². The highest BCUT2D eigenvalue weighted by Crippen LogP contribution is 2.20. The maximum absolute atomic E-state index is 8.64. The zero-order chi connectivity index (χ0) is 13.3. The van der Waals surface area contributed by atoms with Gasteiger partial charge in [-0.05, 0) is 37.9 Å². The minimum atomic E-state index is 0.373. The minimum Gasteiger partial charge on any atom is -0.449 e. The van der Waals surface area contributed by atoms with E-state index in [1.807, 2.05) is 12.1 Å². The summed E-state index contributed by atoms with van der Waals surface area (Å²) in [6, 6.07) is 5.51. The topological polar surface area (TPSA) is 58.2 Å². The van der Waals surface area contributed by atoms with Gasteiger partial charge in [-0.25, -0.2) is 0 Å². The van der Waals surface area contributed by atoms with Crippen molar-refractivity contribution < 1.29 is 9.15 Å². The molecule has 2 rings (SSSR count). The molecule has 1 fully saturated rings. The molecule has 0 aliphatic heterocycles. The first-order valence-corrected chi connectivity index (χ1v) is 7.19. The van der Waals surface area contributed by atoms with Crippen LogP contribution in [0, 0.1) is 11.3 Å². The third-order valence-corrected chi connectivity index (χ3v) is 3.47. The van der Waals surface area contributed by atoms with Crippen LogP contribution in [0.3, 0.4) is 0 Å². The van der Waals surface area contributed by atoms with Crippen LogP contribution in [0.5, 0.6) is 0 Å². The molecular weight excluding hydrogens is 240 g/mol. The first-order chi connectivity index (χ1) is 9.38. The summed E-state index contributed by atoms with van der Waals surface area (Å²) < 4.78 is 11.1. The molecule has 104 valence electrons. The molecule has 0 bridgehead atoms. The van der Waals surface area contributed by atoms with Crippen molar-refractivity contribution in [3.8, 4) is 6.07 Å². The number of nitrogens with one attached hydrogen (secondary N) is 1. The van der Waals surface area contributed by atoms with Crippen molar-refractivity contribution in [3.05, 3.63) is 23.7 Å². The van der Waals surface area contributed by atoms with E-state index in [4.69, 9.17) is 14.4 Å². The molecule has 1 aliphatic carbocycles. The summed E-state index contributed by atoms with van der Waals surface area (Å²) in [5.74, 6) is 1.18. The Morgan fingerprint density at radius 3 is 2.89 bits per heavy atom. The predicted octanol–water partition coefficient (Wildman–Crippen LogP) is 2.98. The van der Waals surface area contributed by atoms with Crippen LogP contribution in [0.1, 0.15) is 50.0 Å². The maximum Gasteiger partial charge on any atom is 0.203 e. The molecule has 0 saturated heterocycles. The van der Waals surface area contributed by atoms with Gasteiger partial charge in [-0.1, -0.05) is 19.3 Å². The fraction of sp³-hybridized carbons (Fsp3) is 0.667. The van der Waals surface area contributed by atoms with E-state index in [1.165, 1.54) is 32.1 Å². The minimum absolute atomic E-state index is 0.373. The van der Waals surface area contributed by atoms with Gasteiger partial charge >= 0.3 is 0 Å². The van der Waals surface area contributed by atoms with Crippen LogP contribution in [-0.4, -0.2) is 19.3 Å². The largest absolute Gasteiger partial charge is 0.449 e. The van der Waals surface area contributed by atoms with Crippen molar-refractivity contribution in [1.82, 2.24) is 5.32 Å². The number of hydrogen-bond donors (Lipinski definition) is 1. The van der Waals surface area contributed by atoms with Gasteiger partial charge in [0.15, 0.2) is 0 Å². The fourth-order valence-electron chi connectivity index (χ4n) is 2.42. The lowest BCUT2D eigenvalue weighted by Crippen LogP contribution is -2.20. The Hall–Kier alpha value is -1.31. The molecule has 0 amide bonds. The van der Waals surface area contributed by atoms with E-state index in [0.29, 0.717) is 18.4 Å². The van der Waals surface area contributed by atoms with E-state index in [-0.39, 0.29) is 0 Å². The zero-order valence-electron chi connectivity index (χ0n) is 11.4. The third-order valence-electron chi connectivity index (χ3n) is 3.47. The van der Waals surface area contributed by atoms with Gasteiger partial charge in [-0.2, -0.15) is 5.26 Å². The summed E-state index contributed by atoms with van der Waals surface area (Å²) in [5.41, 5.74) is 0. The lowest BCUT2D eigenvalue weighted by molar-refractivity contribution is 0.0272. The standard InChI is InChI=1S/C15H22N2O2/c16-11-14-7-8-15(19-14)12-17-9-4-10-18-13-5-2-1-3-6-13/h7-8,13,17H,1-6,9-10,12H2. The van der Waals surface area contributed by atoms with Crippen LogP contribution in [0.2, 0.25) is 0 Å². The van der Waals surface area contributed by atoms with Gasteiger partial charge in [0.1, 0.15) is 11.8 Å². The van der Waals surface area contributed by atoms with Crippen LogP contribution in [-0.2, 0) is 11.3 Å². The van der Waals surface area contributed by atoms with Gasteiger partial charge in [0, 0.05) is 6.61 Å². The third kappa shape index (κ3) is 5.06. The molecule has 1 heterocycles. The number of furan rings is 1. The van der Waals surface area contributed by atoms with Gasteiger partial charge in [0.2, 0.25) is 5.76 Å². The van der Waals surface area contributed by atoms with Crippen LogP contribution in [0.15, 0.2) is 16.5 Å². The normalized spacial score (nSPS) is 16.4. The predicted molar refractivity (Wildman–Crippen MR) is 72.6 cm³/mol. The highest BCUT2D eigenvalue weighted by molar-refractivity contribution is 5.18. The van der Waals surface area contributed by atoms with E-state index < -0.39 is 0 Å². The zero-order valence-corrected chi connectivity index (χ0v) is 11.4. The quantitative estimate of drug-likeness (QED) is 0.767.